The molecule has 2 amide bonds. The lowest BCUT2D eigenvalue weighted by atomic mass is 10.2. The molecule has 31 heavy (non-hydrogen) atoms. The molecule has 0 saturated heterocycles. The van der Waals surface area contributed by atoms with Gasteiger partial charge in [-0.2, -0.15) is 4.31 Å². The van der Waals surface area contributed by atoms with Gasteiger partial charge in [-0.05, 0) is 41.3 Å². The molecule has 7 nitrogen and oxygen atoms in total. The molecule has 0 aliphatic heterocycles. The van der Waals surface area contributed by atoms with Crippen molar-refractivity contribution in [2.45, 2.75) is 18.4 Å². The number of benzene rings is 2. The van der Waals surface area contributed by atoms with E-state index in [0.717, 1.165) is 5.56 Å². The number of thiophene rings is 1. The van der Waals surface area contributed by atoms with Crippen molar-refractivity contribution in [3.05, 3.63) is 82.7 Å². The molecule has 3 aromatic rings. The average Bonchev–Trinajstić information content (AvgIpc) is 3.25. The van der Waals surface area contributed by atoms with E-state index in [-0.39, 0.29) is 17.3 Å². The molecule has 0 saturated carbocycles. The maximum atomic E-state index is 13.0. The minimum atomic E-state index is -3.71. The highest BCUT2D eigenvalue weighted by Crippen LogP contribution is 2.24. The highest BCUT2D eigenvalue weighted by Gasteiger charge is 2.24. The Bertz CT molecular complexity index is 1160. The molecule has 2 aromatic carbocycles. The van der Waals surface area contributed by atoms with Crippen molar-refractivity contribution in [3.8, 4) is 0 Å². The molecular formula is C22H23N3O4S2. The topological polar surface area (TPSA) is 95.6 Å². The Labute approximate surface area is 185 Å². The maximum Gasteiger partial charge on any atom is 0.256 e. The largest absolute Gasteiger partial charge is 0.355 e. The van der Waals surface area contributed by atoms with Gasteiger partial charge in [0.25, 0.3) is 11.8 Å². The van der Waals surface area contributed by atoms with Crippen molar-refractivity contribution in [1.82, 2.24) is 9.62 Å². The van der Waals surface area contributed by atoms with Gasteiger partial charge in [0.1, 0.15) is 5.00 Å². The van der Waals surface area contributed by atoms with Crippen LogP contribution in [0, 0.1) is 0 Å². The van der Waals surface area contributed by atoms with Crippen molar-refractivity contribution in [2.24, 2.45) is 0 Å². The van der Waals surface area contributed by atoms with Crippen LogP contribution in [0.1, 0.15) is 33.2 Å². The van der Waals surface area contributed by atoms with Crippen LogP contribution in [0.3, 0.4) is 0 Å². The van der Waals surface area contributed by atoms with E-state index in [9.17, 15) is 18.0 Å². The highest BCUT2D eigenvalue weighted by molar-refractivity contribution is 7.89. The van der Waals surface area contributed by atoms with Gasteiger partial charge in [0, 0.05) is 25.7 Å². The van der Waals surface area contributed by atoms with Crippen molar-refractivity contribution >= 4 is 38.2 Å². The van der Waals surface area contributed by atoms with Gasteiger partial charge in [-0.1, -0.05) is 37.3 Å². The van der Waals surface area contributed by atoms with E-state index in [1.54, 1.807) is 18.4 Å². The Balaban J connectivity index is 1.76. The van der Waals surface area contributed by atoms with E-state index in [4.69, 9.17) is 0 Å². The first-order valence-corrected chi connectivity index (χ1v) is 11.9. The van der Waals surface area contributed by atoms with E-state index in [2.05, 4.69) is 10.6 Å². The van der Waals surface area contributed by atoms with Crippen LogP contribution < -0.4 is 10.6 Å². The Kier molecular flexibility index (Phi) is 7.21. The maximum absolute atomic E-state index is 13.0. The summed E-state index contributed by atoms with van der Waals surface area (Å²) in [4.78, 5) is 24.6. The standard InChI is InChI=1S/C22H23N3O4S2/c1-3-25(15-16-7-5-4-6-8-16)31(28,29)18-11-9-17(10-12-18)20(26)24-22-19(13-14-30-22)21(27)23-2/h4-14H,3,15H2,1-2H3,(H,23,27)(H,24,26). The fraction of sp³-hybridized carbons (Fsp3) is 0.182. The predicted molar refractivity (Wildman–Crippen MR) is 122 cm³/mol. The van der Waals surface area contributed by atoms with Crippen LogP contribution in [-0.2, 0) is 16.6 Å². The summed E-state index contributed by atoms with van der Waals surface area (Å²) in [5, 5.41) is 7.37. The molecule has 0 fully saturated rings. The van der Waals surface area contributed by atoms with Crippen molar-refractivity contribution in [2.75, 3.05) is 18.9 Å². The summed E-state index contributed by atoms with van der Waals surface area (Å²) in [6.45, 7) is 2.37. The number of carbonyl (C=O) groups excluding carboxylic acids is 2. The van der Waals surface area contributed by atoms with Crippen LogP contribution in [-0.4, -0.2) is 38.1 Å². The lowest BCUT2D eigenvalue weighted by molar-refractivity contribution is 0.0964. The number of rotatable bonds is 8. The van der Waals surface area contributed by atoms with E-state index in [1.165, 1.54) is 47.0 Å². The molecule has 0 radical (unpaired) electrons. The zero-order valence-corrected chi connectivity index (χ0v) is 18.8. The summed E-state index contributed by atoms with van der Waals surface area (Å²) in [6, 6.07) is 16.8. The van der Waals surface area contributed by atoms with Gasteiger partial charge in [-0.25, -0.2) is 8.42 Å². The fourth-order valence-electron chi connectivity index (χ4n) is 2.98. The first-order valence-electron chi connectivity index (χ1n) is 9.62. The van der Waals surface area contributed by atoms with E-state index in [1.807, 2.05) is 30.3 Å². The molecule has 0 unspecified atom stereocenters. The number of anilines is 1. The minimum absolute atomic E-state index is 0.115. The van der Waals surface area contributed by atoms with Crippen LogP contribution in [0.25, 0.3) is 0 Å². The lowest BCUT2D eigenvalue weighted by Gasteiger charge is -2.20. The van der Waals surface area contributed by atoms with E-state index in [0.29, 0.717) is 22.7 Å². The average molecular weight is 458 g/mol. The van der Waals surface area contributed by atoms with Crippen LogP contribution in [0.15, 0.2) is 70.9 Å². The summed E-state index contributed by atoms with van der Waals surface area (Å²) < 4.78 is 27.5. The molecule has 162 valence electrons. The number of amides is 2. The molecule has 2 N–H and O–H groups in total. The smallest absolute Gasteiger partial charge is 0.256 e. The predicted octanol–water partition coefficient (Wildman–Crippen LogP) is 3.57. The van der Waals surface area contributed by atoms with Crippen molar-refractivity contribution < 1.29 is 18.0 Å². The van der Waals surface area contributed by atoms with Gasteiger partial charge in [0.05, 0.1) is 10.5 Å². The minimum Gasteiger partial charge on any atom is -0.355 e. The third-order valence-corrected chi connectivity index (χ3v) is 7.44. The third kappa shape index (κ3) is 5.19. The number of sulfonamides is 1. The fourth-order valence-corrected chi connectivity index (χ4v) is 5.19. The molecule has 0 aliphatic rings. The summed E-state index contributed by atoms with van der Waals surface area (Å²) >= 11 is 1.24. The molecule has 9 heteroatoms. The number of nitrogens with zero attached hydrogens (tertiary/aromatic N) is 1. The zero-order chi connectivity index (χ0) is 22.4. The second-order valence-corrected chi connectivity index (χ2v) is 9.49. The molecule has 0 aliphatic carbocycles. The lowest BCUT2D eigenvalue weighted by Crippen LogP contribution is -2.30. The van der Waals surface area contributed by atoms with Crippen LogP contribution >= 0.6 is 11.3 Å². The molecule has 1 heterocycles. The normalized spacial score (nSPS) is 11.3. The monoisotopic (exact) mass is 457 g/mol. The Hall–Kier alpha value is -3.01. The first kappa shape index (κ1) is 22.7. The molecular weight excluding hydrogens is 434 g/mol. The van der Waals surface area contributed by atoms with Crippen LogP contribution in [0.5, 0.6) is 0 Å². The Morgan fingerprint density at radius 1 is 0.968 bits per heavy atom. The summed E-state index contributed by atoms with van der Waals surface area (Å²) in [6.07, 6.45) is 0. The quantitative estimate of drug-likeness (QED) is 0.541. The number of nitrogens with one attached hydrogen (secondary N) is 2. The molecule has 0 spiro atoms. The third-order valence-electron chi connectivity index (χ3n) is 4.67. The number of hydrogen-bond donors (Lipinski definition) is 2. The molecule has 3 rings (SSSR count). The van der Waals surface area contributed by atoms with Gasteiger partial charge in [-0.3, -0.25) is 9.59 Å². The van der Waals surface area contributed by atoms with Crippen LogP contribution in [0.2, 0.25) is 0 Å². The zero-order valence-electron chi connectivity index (χ0n) is 17.2. The van der Waals surface area contributed by atoms with E-state index < -0.39 is 15.9 Å². The Morgan fingerprint density at radius 3 is 2.26 bits per heavy atom. The molecule has 0 bridgehead atoms. The van der Waals surface area contributed by atoms with Crippen molar-refractivity contribution in [3.63, 3.8) is 0 Å². The summed E-state index contributed by atoms with van der Waals surface area (Å²) in [5.41, 5.74) is 1.56. The van der Waals surface area contributed by atoms with Gasteiger partial charge in [-0.15, -0.1) is 11.3 Å². The SMILES string of the molecule is CCN(Cc1ccccc1)S(=O)(=O)c1ccc(C(=O)Nc2sccc2C(=O)NC)cc1. The molecule has 0 atom stereocenters. The number of hydrogen-bond acceptors (Lipinski definition) is 5. The Morgan fingerprint density at radius 2 is 1.65 bits per heavy atom. The van der Waals surface area contributed by atoms with E-state index >= 15 is 0 Å². The first-order chi connectivity index (χ1) is 14.9. The van der Waals surface area contributed by atoms with Gasteiger partial charge in [0.15, 0.2) is 0 Å². The second kappa shape index (κ2) is 9.86. The summed E-state index contributed by atoms with van der Waals surface area (Å²) in [7, 11) is -2.20. The second-order valence-electron chi connectivity index (χ2n) is 6.64. The number of carbonyl (C=O) groups is 2. The van der Waals surface area contributed by atoms with Gasteiger partial charge >= 0.3 is 0 Å². The highest BCUT2D eigenvalue weighted by atomic mass is 32.2. The van der Waals surface area contributed by atoms with Crippen LogP contribution in [0.4, 0.5) is 5.00 Å². The summed E-state index contributed by atoms with van der Waals surface area (Å²) in [5.74, 6) is -0.718. The van der Waals surface area contributed by atoms with Gasteiger partial charge < -0.3 is 10.6 Å². The van der Waals surface area contributed by atoms with Crippen molar-refractivity contribution in [1.29, 1.82) is 0 Å². The molecule has 1 aromatic heterocycles. The van der Waals surface area contributed by atoms with Gasteiger partial charge in [0.2, 0.25) is 10.0 Å².